The van der Waals surface area contributed by atoms with Crippen molar-refractivity contribution >= 4 is 17.0 Å². The van der Waals surface area contributed by atoms with Gasteiger partial charge in [-0.2, -0.15) is 5.48 Å². The Balaban J connectivity index is 2.04. The Morgan fingerprint density at radius 3 is 2.74 bits per heavy atom. The summed E-state index contributed by atoms with van der Waals surface area (Å²) < 4.78 is 6.70. The first-order chi connectivity index (χ1) is 9.13. The molecule has 0 amide bonds. The first kappa shape index (κ1) is 12.2. The van der Waals surface area contributed by atoms with Crippen LogP contribution in [0.2, 0.25) is 0 Å². The summed E-state index contributed by atoms with van der Waals surface area (Å²) in [7, 11) is 0. The minimum Gasteiger partial charge on any atom is -0.386 e. The lowest BCUT2D eigenvalue weighted by Gasteiger charge is -2.16. The van der Waals surface area contributed by atoms with E-state index in [0.717, 1.165) is 0 Å². The number of aliphatic hydroxyl groups is 2. The van der Waals surface area contributed by atoms with Crippen LogP contribution in [0.15, 0.2) is 12.7 Å². The van der Waals surface area contributed by atoms with E-state index in [1.54, 1.807) is 5.48 Å². The van der Waals surface area contributed by atoms with Gasteiger partial charge in [-0.15, -0.1) is 0 Å². The molecule has 10 heteroatoms. The van der Waals surface area contributed by atoms with Crippen LogP contribution in [0.1, 0.15) is 6.23 Å². The summed E-state index contributed by atoms with van der Waals surface area (Å²) in [5.74, 6) is 0.202. The fourth-order valence-corrected chi connectivity index (χ4v) is 2.05. The lowest BCUT2D eigenvalue weighted by molar-refractivity contribution is -0.0952. The highest BCUT2D eigenvalue weighted by Gasteiger charge is 2.44. The van der Waals surface area contributed by atoms with E-state index < -0.39 is 24.7 Å². The van der Waals surface area contributed by atoms with Crippen LogP contribution < -0.4 is 11.2 Å². The van der Waals surface area contributed by atoms with Gasteiger partial charge in [0, 0.05) is 0 Å². The molecule has 0 aliphatic carbocycles. The Morgan fingerprint density at radius 2 is 2.05 bits per heavy atom. The first-order valence-electron chi connectivity index (χ1n) is 5.47. The molecule has 1 saturated heterocycles. The molecule has 0 aromatic carbocycles. The number of nitrogens with one attached hydrogen (secondary N) is 1. The third kappa shape index (κ3) is 1.74. The van der Waals surface area contributed by atoms with Gasteiger partial charge in [-0.25, -0.2) is 15.0 Å². The van der Waals surface area contributed by atoms with E-state index in [-0.39, 0.29) is 5.82 Å². The van der Waals surface area contributed by atoms with Crippen molar-refractivity contribution in [3.8, 4) is 0 Å². The maximum Gasteiger partial charge on any atom is 0.167 e. The minimum absolute atomic E-state index is 0.202. The quantitative estimate of drug-likeness (QED) is 0.388. The standard InChI is InChI=1S/C9H12N6O4/c10-6-3-7(12-1-11-6)15(2-13-3)9-5(17)4(16)8(14-18)19-9/h1-2,4-5,8-9,14,16-18H,(H2,10,11,12)/t4-,5+,8-,9+/m0/s1. The molecule has 10 nitrogen and oxygen atoms in total. The number of anilines is 1. The summed E-state index contributed by atoms with van der Waals surface area (Å²) in [6, 6.07) is 0. The molecule has 1 fully saturated rings. The molecular formula is C9H12N6O4. The van der Waals surface area contributed by atoms with E-state index in [4.69, 9.17) is 15.7 Å². The van der Waals surface area contributed by atoms with Crippen LogP contribution in [0.3, 0.4) is 0 Å². The number of fused-ring (bicyclic) bond motifs is 1. The fraction of sp³-hybridized carbons (Fsp3) is 0.444. The summed E-state index contributed by atoms with van der Waals surface area (Å²) >= 11 is 0. The number of hydroxylamine groups is 1. The maximum absolute atomic E-state index is 9.91. The van der Waals surface area contributed by atoms with Crippen LogP contribution in [-0.4, -0.2) is 53.4 Å². The summed E-state index contributed by atoms with van der Waals surface area (Å²) in [6.45, 7) is 0. The number of aromatic nitrogens is 4. The molecule has 3 heterocycles. The normalized spacial score (nSPS) is 31.1. The van der Waals surface area contributed by atoms with Crippen molar-refractivity contribution in [3.63, 3.8) is 0 Å². The van der Waals surface area contributed by atoms with Crippen LogP contribution in [0.4, 0.5) is 5.82 Å². The Labute approximate surface area is 106 Å². The van der Waals surface area contributed by atoms with Gasteiger partial charge in [-0.05, 0) is 0 Å². The van der Waals surface area contributed by atoms with Crippen LogP contribution in [0.25, 0.3) is 11.2 Å². The Hall–Kier alpha value is -1.85. The van der Waals surface area contributed by atoms with E-state index >= 15 is 0 Å². The van der Waals surface area contributed by atoms with Gasteiger partial charge in [-0.3, -0.25) is 4.57 Å². The minimum atomic E-state index is -1.29. The van der Waals surface area contributed by atoms with Gasteiger partial charge in [0.2, 0.25) is 0 Å². The summed E-state index contributed by atoms with van der Waals surface area (Å²) in [6.07, 6.45) is -1.95. The highest BCUT2D eigenvalue weighted by atomic mass is 16.6. The molecule has 0 bridgehead atoms. The highest BCUT2D eigenvalue weighted by Crippen LogP contribution is 2.30. The maximum atomic E-state index is 9.91. The van der Waals surface area contributed by atoms with Gasteiger partial charge in [-0.1, -0.05) is 0 Å². The zero-order valence-electron chi connectivity index (χ0n) is 9.58. The summed E-state index contributed by atoms with van der Waals surface area (Å²) in [4.78, 5) is 11.8. The summed E-state index contributed by atoms with van der Waals surface area (Å²) in [5, 5.41) is 28.4. The predicted molar refractivity (Wildman–Crippen MR) is 60.6 cm³/mol. The SMILES string of the molecule is Nc1ncnc2c1ncn2[C@@H]1O[C@H](NO)[C@@H](O)[C@H]1O. The van der Waals surface area contributed by atoms with Crippen LogP contribution in [0.5, 0.6) is 0 Å². The lowest BCUT2D eigenvalue weighted by atomic mass is 10.2. The van der Waals surface area contributed by atoms with E-state index in [0.29, 0.717) is 11.2 Å². The lowest BCUT2D eigenvalue weighted by Crippen LogP contribution is -2.38. The molecule has 2 aromatic heterocycles. The number of rotatable bonds is 2. The molecular weight excluding hydrogens is 256 g/mol. The van der Waals surface area contributed by atoms with Crippen molar-refractivity contribution in [1.29, 1.82) is 0 Å². The second-order valence-corrected chi connectivity index (χ2v) is 4.14. The third-order valence-electron chi connectivity index (χ3n) is 3.03. The topological polar surface area (TPSA) is 152 Å². The number of nitrogens with zero attached hydrogens (tertiary/aromatic N) is 4. The smallest absolute Gasteiger partial charge is 0.167 e. The van der Waals surface area contributed by atoms with E-state index in [1.807, 2.05) is 0 Å². The van der Waals surface area contributed by atoms with Gasteiger partial charge in [0.05, 0.1) is 6.33 Å². The molecule has 1 aliphatic rings. The Morgan fingerprint density at radius 1 is 1.26 bits per heavy atom. The molecule has 1 aliphatic heterocycles. The fourth-order valence-electron chi connectivity index (χ4n) is 2.05. The number of imidazole rings is 1. The predicted octanol–water partition coefficient (Wildman–Crippen LogP) is -2.04. The van der Waals surface area contributed by atoms with Gasteiger partial charge < -0.3 is 25.9 Å². The average molecular weight is 268 g/mol. The second-order valence-electron chi connectivity index (χ2n) is 4.14. The number of hydrogen-bond acceptors (Lipinski definition) is 9. The summed E-state index contributed by atoms with van der Waals surface area (Å²) in [5.41, 5.74) is 8.16. The largest absolute Gasteiger partial charge is 0.386 e. The molecule has 102 valence electrons. The van der Waals surface area contributed by atoms with Gasteiger partial charge in [0.15, 0.2) is 23.9 Å². The van der Waals surface area contributed by atoms with Crippen molar-refractivity contribution in [2.24, 2.45) is 0 Å². The molecule has 0 unspecified atom stereocenters. The molecule has 0 radical (unpaired) electrons. The number of nitrogens with two attached hydrogens (primary N) is 1. The van der Waals surface area contributed by atoms with Gasteiger partial charge >= 0.3 is 0 Å². The van der Waals surface area contributed by atoms with Crippen molar-refractivity contribution < 1.29 is 20.2 Å². The number of nitrogen functional groups attached to an aromatic ring is 1. The Kier molecular flexibility index (Phi) is 2.80. The molecule has 19 heavy (non-hydrogen) atoms. The van der Waals surface area contributed by atoms with Crippen molar-refractivity contribution in [1.82, 2.24) is 25.0 Å². The third-order valence-corrected chi connectivity index (χ3v) is 3.03. The number of ether oxygens (including phenoxy) is 1. The molecule has 0 spiro atoms. The molecule has 6 N–H and O–H groups in total. The van der Waals surface area contributed by atoms with Gasteiger partial charge in [0.25, 0.3) is 0 Å². The monoisotopic (exact) mass is 268 g/mol. The zero-order valence-corrected chi connectivity index (χ0v) is 9.58. The number of aliphatic hydroxyl groups excluding tert-OH is 2. The van der Waals surface area contributed by atoms with Gasteiger partial charge in [0.1, 0.15) is 24.1 Å². The highest BCUT2D eigenvalue weighted by molar-refractivity contribution is 5.81. The van der Waals surface area contributed by atoms with Crippen molar-refractivity contribution in [2.45, 2.75) is 24.7 Å². The van der Waals surface area contributed by atoms with Crippen LogP contribution >= 0.6 is 0 Å². The van der Waals surface area contributed by atoms with E-state index in [2.05, 4.69) is 15.0 Å². The Bertz CT molecular complexity index is 603. The number of hydrogen-bond donors (Lipinski definition) is 5. The average Bonchev–Trinajstić information content (AvgIpc) is 2.94. The van der Waals surface area contributed by atoms with Crippen LogP contribution in [-0.2, 0) is 4.74 Å². The second kappa shape index (κ2) is 4.36. The van der Waals surface area contributed by atoms with E-state index in [1.165, 1.54) is 17.2 Å². The molecule has 3 rings (SSSR count). The van der Waals surface area contributed by atoms with Crippen molar-refractivity contribution in [2.75, 3.05) is 5.73 Å². The molecule has 2 aromatic rings. The van der Waals surface area contributed by atoms with Crippen LogP contribution in [0, 0.1) is 0 Å². The molecule has 0 saturated carbocycles. The first-order valence-corrected chi connectivity index (χ1v) is 5.47. The van der Waals surface area contributed by atoms with Crippen molar-refractivity contribution in [3.05, 3.63) is 12.7 Å². The molecule has 4 atom stereocenters. The van der Waals surface area contributed by atoms with E-state index in [9.17, 15) is 10.2 Å². The zero-order chi connectivity index (χ0) is 13.6.